The largest absolute Gasteiger partial charge is 0.378 e. The van der Waals surface area contributed by atoms with Gasteiger partial charge >= 0.3 is 0 Å². The number of likely N-dealkylation sites (N-methyl/N-ethyl adjacent to an activating group) is 1. The molecule has 1 rings (SSSR count). The molecule has 0 radical (unpaired) electrons. The average molecular weight is 251 g/mol. The zero-order valence-electron chi connectivity index (χ0n) is 11.4. The molecule has 1 saturated carbocycles. The first-order chi connectivity index (χ1) is 6.74. The third-order valence-corrected chi connectivity index (χ3v) is 4.34. The first-order valence-corrected chi connectivity index (χ1v) is 5.75. The van der Waals surface area contributed by atoms with E-state index in [1.54, 1.807) is 0 Å². The lowest BCUT2D eigenvalue weighted by molar-refractivity contribution is -0.206. The summed E-state index contributed by atoms with van der Waals surface area (Å²) >= 11 is 0. The van der Waals surface area contributed by atoms with Crippen molar-refractivity contribution in [2.24, 2.45) is 11.1 Å². The van der Waals surface area contributed by atoms with Gasteiger partial charge in [-0.25, -0.2) is 0 Å². The Bertz CT molecular complexity index is 233. The third kappa shape index (κ3) is 2.53. The monoisotopic (exact) mass is 250 g/mol. The Morgan fingerprint density at radius 1 is 1.44 bits per heavy atom. The van der Waals surface area contributed by atoms with Crippen molar-refractivity contribution in [2.45, 2.75) is 51.8 Å². The average Bonchev–Trinajstić information content (AvgIpc) is 2.12. The molecule has 3 atom stereocenters. The van der Waals surface area contributed by atoms with Crippen LogP contribution >= 0.6 is 12.4 Å². The van der Waals surface area contributed by atoms with Gasteiger partial charge in [0.25, 0.3) is 0 Å². The standard InChI is InChI=1S/C12H26N2O.ClH/c1-9(13)8-14(5)10-7-12(4,15-6)11(10,2)3;/h9-10H,7-8,13H2,1-6H3;1H. The van der Waals surface area contributed by atoms with Gasteiger partial charge in [-0.05, 0) is 27.3 Å². The zero-order valence-corrected chi connectivity index (χ0v) is 12.2. The maximum atomic E-state index is 5.83. The molecule has 2 N–H and O–H groups in total. The van der Waals surface area contributed by atoms with Gasteiger partial charge in [0.2, 0.25) is 0 Å². The van der Waals surface area contributed by atoms with Crippen LogP contribution in [0.3, 0.4) is 0 Å². The minimum atomic E-state index is 0. The van der Waals surface area contributed by atoms with Crippen molar-refractivity contribution in [1.82, 2.24) is 4.90 Å². The molecule has 1 fully saturated rings. The minimum Gasteiger partial charge on any atom is -0.378 e. The van der Waals surface area contributed by atoms with E-state index in [-0.39, 0.29) is 29.5 Å². The van der Waals surface area contributed by atoms with Gasteiger partial charge in [-0.15, -0.1) is 12.4 Å². The van der Waals surface area contributed by atoms with E-state index < -0.39 is 0 Å². The first kappa shape index (κ1) is 16.2. The molecule has 4 heteroatoms. The molecule has 0 bridgehead atoms. The molecule has 0 aliphatic heterocycles. The van der Waals surface area contributed by atoms with E-state index in [9.17, 15) is 0 Å². The van der Waals surface area contributed by atoms with Crippen molar-refractivity contribution in [2.75, 3.05) is 20.7 Å². The highest BCUT2D eigenvalue weighted by atomic mass is 35.5. The van der Waals surface area contributed by atoms with Crippen LogP contribution in [0.25, 0.3) is 0 Å². The SMILES string of the molecule is COC1(C)CC(N(C)CC(C)N)C1(C)C.Cl. The lowest BCUT2D eigenvalue weighted by Crippen LogP contribution is -2.68. The summed E-state index contributed by atoms with van der Waals surface area (Å²) in [7, 11) is 3.97. The second-order valence-corrected chi connectivity index (χ2v) is 5.79. The van der Waals surface area contributed by atoms with Gasteiger partial charge in [-0.2, -0.15) is 0 Å². The predicted molar refractivity (Wildman–Crippen MR) is 71.1 cm³/mol. The maximum Gasteiger partial charge on any atom is 0.0731 e. The Labute approximate surface area is 106 Å². The number of halogens is 1. The number of hydrogen-bond donors (Lipinski definition) is 1. The van der Waals surface area contributed by atoms with Crippen molar-refractivity contribution in [1.29, 1.82) is 0 Å². The highest BCUT2D eigenvalue weighted by molar-refractivity contribution is 5.85. The van der Waals surface area contributed by atoms with Crippen LogP contribution in [0.2, 0.25) is 0 Å². The summed E-state index contributed by atoms with van der Waals surface area (Å²) in [5.74, 6) is 0. The quantitative estimate of drug-likeness (QED) is 0.828. The predicted octanol–water partition coefficient (Wildman–Crippen LogP) is 1.89. The molecule has 0 heterocycles. The van der Waals surface area contributed by atoms with Crippen LogP contribution < -0.4 is 5.73 Å². The van der Waals surface area contributed by atoms with E-state index in [0.29, 0.717) is 6.04 Å². The molecule has 3 unspecified atom stereocenters. The van der Waals surface area contributed by atoms with E-state index in [1.807, 2.05) is 7.11 Å². The van der Waals surface area contributed by atoms with Gasteiger partial charge in [0.05, 0.1) is 5.60 Å². The Kier molecular flexibility index (Phi) is 5.27. The van der Waals surface area contributed by atoms with E-state index >= 15 is 0 Å². The van der Waals surface area contributed by atoms with Gasteiger partial charge in [-0.3, -0.25) is 0 Å². The van der Waals surface area contributed by atoms with E-state index in [0.717, 1.165) is 13.0 Å². The number of nitrogens with two attached hydrogens (primary N) is 1. The van der Waals surface area contributed by atoms with Gasteiger partial charge < -0.3 is 15.4 Å². The van der Waals surface area contributed by atoms with Crippen LogP contribution in [0.4, 0.5) is 0 Å². The Morgan fingerprint density at radius 3 is 2.25 bits per heavy atom. The number of ether oxygens (including phenoxy) is 1. The van der Waals surface area contributed by atoms with Crippen LogP contribution in [0, 0.1) is 5.41 Å². The summed E-state index contributed by atoms with van der Waals surface area (Å²) in [5.41, 5.74) is 6.04. The van der Waals surface area contributed by atoms with E-state index in [2.05, 4.69) is 39.6 Å². The molecule has 98 valence electrons. The van der Waals surface area contributed by atoms with Crippen LogP contribution in [-0.4, -0.2) is 43.3 Å². The molecule has 1 aliphatic rings. The highest BCUT2D eigenvalue weighted by Gasteiger charge is 2.58. The second-order valence-electron chi connectivity index (χ2n) is 5.79. The van der Waals surface area contributed by atoms with Gasteiger partial charge in [0.1, 0.15) is 0 Å². The number of methoxy groups -OCH3 is 1. The van der Waals surface area contributed by atoms with Crippen molar-refractivity contribution >= 4 is 12.4 Å². The minimum absolute atomic E-state index is 0. The van der Waals surface area contributed by atoms with Crippen molar-refractivity contribution < 1.29 is 4.74 Å². The fourth-order valence-electron chi connectivity index (χ4n) is 2.74. The normalized spacial score (nSPS) is 34.1. The molecule has 0 amide bonds. The number of rotatable bonds is 4. The van der Waals surface area contributed by atoms with Gasteiger partial charge in [-0.1, -0.05) is 13.8 Å². The molecule has 0 saturated heterocycles. The highest BCUT2D eigenvalue weighted by Crippen LogP contribution is 2.53. The summed E-state index contributed by atoms with van der Waals surface area (Å²) < 4.78 is 5.62. The summed E-state index contributed by atoms with van der Waals surface area (Å²) in [6.07, 6.45) is 1.10. The Balaban J connectivity index is 0.00000225. The van der Waals surface area contributed by atoms with Crippen LogP contribution in [-0.2, 0) is 4.74 Å². The molecule has 0 spiro atoms. The molecule has 16 heavy (non-hydrogen) atoms. The van der Waals surface area contributed by atoms with Crippen LogP contribution in [0.1, 0.15) is 34.1 Å². The number of nitrogens with zero attached hydrogens (tertiary/aromatic N) is 1. The smallest absolute Gasteiger partial charge is 0.0731 e. The molecule has 0 aromatic carbocycles. The molecule has 1 aliphatic carbocycles. The second kappa shape index (κ2) is 5.21. The molecular formula is C12H27ClN2O. The molecule has 0 aromatic heterocycles. The Morgan fingerprint density at radius 2 is 1.94 bits per heavy atom. The fourth-order valence-corrected chi connectivity index (χ4v) is 2.74. The molecule has 3 nitrogen and oxygen atoms in total. The Hall–Kier alpha value is 0.170. The lowest BCUT2D eigenvalue weighted by atomic mass is 9.55. The summed E-state index contributed by atoms with van der Waals surface area (Å²) in [5, 5.41) is 0. The van der Waals surface area contributed by atoms with Crippen molar-refractivity contribution in [3.05, 3.63) is 0 Å². The van der Waals surface area contributed by atoms with E-state index in [1.165, 1.54) is 0 Å². The lowest BCUT2D eigenvalue weighted by Gasteiger charge is -2.61. The summed E-state index contributed by atoms with van der Waals surface area (Å²) in [6, 6.07) is 0.814. The fraction of sp³-hybridized carbons (Fsp3) is 1.00. The van der Waals surface area contributed by atoms with Crippen LogP contribution in [0.15, 0.2) is 0 Å². The van der Waals surface area contributed by atoms with Crippen LogP contribution in [0.5, 0.6) is 0 Å². The van der Waals surface area contributed by atoms with E-state index in [4.69, 9.17) is 10.5 Å². The van der Waals surface area contributed by atoms with Gasteiger partial charge in [0, 0.05) is 31.2 Å². The maximum absolute atomic E-state index is 5.83. The molecule has 0 aromatic rings. The topological polar surface area (TPSA) is 38.5 Å². The third-order valence-electron chi connectivity index (χ3n) is 4.34. The van der Waals surface area contributed by atoms with Gasteiger partial charge in [0.15, 0.2) is 0 Å². The van der Waals surface area contributed by atoms with Crippen molar-refractivity contribution in [3.63, 3.8) is 0 Å². The zero-order chi connectivity index (χ0) is 11.9. The number of hydrogen-bond acceptors (Lipinski definition) is 3. The first-order valence-electron chi connectivity index (χ1n) is 5.75. The summed E-state index contributed by atoms with van der Waals surface area (Å²) in [4.78, 5) is 2.37. The molecular weight excluding hydrogens is 224 g/mol. The summed E-state index contributed by atoms with van der Waals surface area (Å²) in [6.45, 7) is 9.76. The van der Waals surface area contributed by atoms with Crippen molar-refractivity contribution in [3.8, 4) is 0 Å².